The fraction of sp³-hybridized carbons (Fsp3) is 0.353. The van der Waals surface area contributed by atoms with Gasteiger partial charge in [-0.3, -0.25) is 4.98 Å². The van der Waals surface area contributed by atoms with Gasteiger partial charge in [-0.25, -0.2) is 0 Å². The van der Waals surface area contributed by atoms with Crippen LogP contribution < -0.4 is 10.1 Å². The van der Waals surface area contributed by atoms with Crippen LogP contribution in [0.5, 0.6) is 5.75 Å². The molecule has 1 aromatic heterocycles. The molecule has 3 heteroatoms. The lowest BCUT2D eigenvalue weighted by Gasteiger charge is -2.08. The maximum Gasteiger partial charge on any atom is 0.119 e. The van der Waals surface area contributed by atoms with Gasteiger partial charge in [-0.15, -0.1) is 0 Å². The Morgan fingerprint density at radius 1 is 1.10 bits per heavy atom. The van der Waals surface area contributed by atoms with E-state index >= 15 is 0 Å². The summed E-state index contributed by atoms with van der Waals surface area (Å²) >= 11 is 0. The van der Waals surface area contributed by atoms with Crippen LogP contribution in [-0.2, 0) is 6.54 Å². The summed E-state index contributed by atoms with van der Waals surface area (Å²) in [6.07, 6.45) is 7.18. The quantitative estimate of drug-likeness (QED) is 0.728. The number of pyridine rings is 1. The number of nitrogens with one attached hydrogen (secondary N) is 1. The molecule has 0 saturated heterocycles. The number of nitrogens with zero attached hydrogens (tertiary/aromatic N) is 1. The maximum absolute atomic E-state index is 5.70. The van der Waals surface area contributed by atoms with Crippen LogP contribution in [0.25, 0.3) is 0 Å². The molecule has 0 saturated carbocycles. The third kappa shape index (κ3) is 4.92. The average molecular weight is 270 g/mol. The molecule has 0 unspecified atom stereocenters. The number of rotatable bonds is 8. The summed E-state index contributed by atoms with van der Waals surface area (Å²) in [7, 11) is 0. The summed E-state index contributed by atoms with van der Waals surface area (Å²) in [5.74, 6) is 0.950. The Labute approximate surface area is 121 Å². The molecule has 2 aromatic rings. The fourth-order valence-electron chi connectivity index (χ4n) is 1.92. The fourth-order valence-corrected chi connectivity index (χ4v) is 1.92. The summed E-state index contributed by atoms with van der Waals surface area (Å²) in [4.78, 5) is 4.08. The van der Waals surface area contributed by atoms with Gasteiger partial charge < -0.3 is 10.1 Å². The maximum atomic E-state index is 5.70. The number of benzene rings is 1. The summed E-state index contributed by atoms with van der Waals surface area (Å²) in [6.45, 7) is 3.80. The van der Waals surface area contributed by atoms with Crippen LogP contribution in [0.3, 0.4) is 0 Å². The van der Waals surface area contributed by atoms with Crippen LogP contribution in [0.2, 0.25) is 0 Å². The van der Waals surface area contributed by atoms with Gasteiger partial charge in [0.25, 0.3) is 0 Å². The van der Waals surface area contributed by atoms with Crippen molar-refractivity contribution in [3.8, 4) is 5.75 Å². The van der Waals surface area contributed by atoms with Crippen LogP contribution in [0.4, 0.5) is 5.69 Å². The highest BCUT2D eigenvalue weighted by molar-refractivity contribution is 5.41. The Balaban J connectivity index is 1.76. The van der Waals surface area contributed by atoms with Crippen molar-refractivity contribution in [1.29, 1.82) is 0 Å². The lowest BCUT2D eigenvalue weighted by atomic mass is 10.2. The minimum Gasteiger partial charge on any atom is -0.494 e. The predicted molar refractivity (Wildman–Crippen MR) is 83.0 cm³/mol. The number of ether oxygens (including phenoxy) is 1. The highest BCUT2D eigenvalue weighted by Gasteiger charge is 1.96. The molecule has 106 valence electrons. The molecule has 0 bridgehead atoms. The van der Waals surface area contributed by atoms with Crippen LogP contribution in [-0.4, -0.2) is 11.6 Å². The first kappa shape index (κ1) is 14.4. The Kier molecular flexibility index (Phi) is 5.90. The van der Waals surface area contributed by atoms with E-state index in [9.17, 15) is 0 Å². The van der Waals surface area contributed by atoms with Crippen molar-refractivity contribution >= 4 is 5.69 Å². The first-order valence-electron chi connectivity index (χ1n) is 7.24. The Morgan fingerprint density at radius 3 is 2.65 bits per heavy atom. The minimum absolute atomic E-state index is 0.793. The standard InChI is InChI=1S/C17H22N2O/c1-2-3-4-12-20-17-9-7-15(8-10-17)13-19-16-6-5-11-18-14-16/h5-11,14,19H,2-4,12-13H2,1H3. The van der Waals surface area contributed by atoms with Gasteiger partial charge in [-0.05, 0) is 36.2 Å². The van der Waals surface area contributed by atoms with E-state index in [1.165, 1.54) is 18.4 Å². The van der Waals surface area contributed by atoms with Gasteiger partial charge in [-0.1, -0.05) is 31.9 Å². The molecule has 0 atom stereocenters. The number of unbranched alkanes of at least 4 members (excludes halogenated alkanes) is 2. The number of aromatic nitrogens is 1. The molecule has 0 aliphatic heterocycles. The van der Waals surface area contributed by atoms with Gasteiger partial charge in [0.15, 0.2) is 0 Å². The molecule has 0 aliphatic rings. The molecule has 3 nitrogen and oxygen atoms in total. The second kappa shape index (κ2) is 8.20. The Hall–Kier alpha value is -2.03. The normalized spacial score (nSPS) is 10.2. The zero-order valence-electron chi connectivity index (χ0n) is 12.0. The number of hydrogen-bond donors (Lipinski definition) is 1. The smallest absolute Gasteiger partial charge is 0.119 e. The molecule has 1 heterocycles. The minimum atomic E-state index is 0.793. The highest BCUT2D eigenvalue weighted by Crippen LogP contribution is 2.14. The van der Waals surface area contributed by atoms with Crippen molar-refractivity contribution in [1.82, 2.24) is 4.98 Å². The van der Waals surface area contributed by atoms with E-state index in [-0.39, 0.29) is 0 Å². The van der Waals surface area contributed by atoms with E-state index in [1.807, 2.05) is 30.5 Å². The summed E-state index contributed by atoms with van der Waals surface area (Å²) in [6, 6.07) is 12.2. The molecule has 0 amide bonds. The molecular weight excluding hydrogens is 248 g/mol. The van der Waals surface area contributed by atoms with Crippen LogP contribution in [0.1, 0.15) is 31.7 Å². The van der Waals surface area contributed by atoms with E-state index in [4.69, 9.17) is 4.74 Å². The van der Waals surface area contributed by atoms with Crippen LogP contribution in [0.15, 0.2) is 48.8 Å². The topological polar surface area (TPSA) is 34.1 Å². The predicted octanol–water partition coefficient (Wildman–Crippen LogP) is 4.26. The Morgan fingerprint density at radius 2 is 1.95 bits per heavy atom. The lowest BCUT2D eigenvalue weighted by molar-refractivity contribution is 0.306. The number of hydrogen-bond acceptors (Lipinski definition) is 3. The molecule has 0 radical (unpaired) electrons. The third-order valence-corrected chi connectivity index (χ3v) is 3.10. The zero-order valence-corrected chi connectivity index (χ0v) is 12.0. The first-order valence-corrected chi connectivity index (χ1v) is 7.24. The SMILES string of the molecule is CCCCCOc1ccc(CNc2cccnc2)cc1. The van der Waals surface area contributed by atoms with E-state index in [1.54, 1.807) is 6.20 Å². The van der Waals surface area contributed by atoms with Gasteiger partial charge in [0, 0.05) is 18.9 Å². The summed E-state index contributed by atoms with van der Waals surface area (Å²) in [5.41, 5.74) is 2.27. The molecule has 20 heavy (non-hydrogen) atoms. The van der Waals surface area contributed by atoms with E-state index in [0.29, 0.717) is 0 Å². The second-order valence-electron chi connectivity index (χ2n) is 4.79. The second-order valence-corrected chi connectivity index (χ2v) is 4.79. The van der Waals surface area contributed by atoms with E-state index in [0.717, 1.165) is 31.0 Å². The molecule has 1 N–H and O–H groups in total. The van der Waals surface area contributed by atoms with Crippen LogP contribution in [0, 0.1) is 0 Å². The van der Waals surface area contributed by atoms with Crippen molar-refractivity contribution in [3.05, 3.63) is 54.4 Å². The largest absolute Gasteiger partial charge is 0.494 e. The molecule has 0 spiro atoms. The van der Waals surface area contributed by atoms with E-state index in [2.05, 4.69) is 29.4 Å². The van der Waals surface area contributed by atoms with Crippen molar-refractivity contribution in [2.75, 3.05) is 11.9 Å². The van der Waals surface area contributed by atoms with Crippen molar-refractivity contribution in [3.63, 3.8) is 0 Å². The molecular formula is C17H22N2O. The molecule has 0 fully saturated rings. The van der Waals surface area contributed by atoms with Gasteiger partial charge in [0.2, 0.25) is 0 Å². The van der Waals surface area contributed by atoms with Crippen molar-refractivity contribution in [2.24, 2.45) is 0 Å². The van der Waals surface area contributed by atoms with Crippen molar-refractivity contribution in [2.45, 2.75) is 32.7 Å². The molecule has 1 aromatic carbocycles. The van der Waals surface area contributed by atoms with Crippen LogP contribution >= 0.6 is 0 Å². The van der Waals surface area contributed by atoms with Gasteiger partial charge in [-0.2, -0.15) is 0 Å². The highest BCUT2D eigenvalue weighted by atomic mass is 16.5. The Bertz CT molecular complexity index is 482. The number of anilines is 1. The molecule has 2 rings (SSSR count). The summed E-state index contributed by atoms with van der Waals surface area (Å²) < 4.78 is 5.70. The zero-order chi connectivity index (χ0) is 14.0. The van der Waals surface area contributed by atoms with Gasteiger partial charge in [0.1, 0.15) is 5.75 Å². The lowest BCUT2D eigenvalue weighted by Crippen LogP contribution is -2.00. The third-order valence-electron chi connectivity index (χ3n) is 3.10. The summed E-state index contributed by atoms with van der Waals surface area (Å²) in [5, 5.41) is 3.34. The van der Waals surface area contributed by atoms with Crippen molar-refractivity contribution < 1.29 is 4.74 Å². The average Bonchev–Trinajstić information content (AvgIpc) is 2.52. The first-order chi connectivity index (χ1) is 9.88. The monoisotopic (exact) mass is 270 g/mol. The molecule has 0 aliphatic carbocycles. The van der Waals surface area contributed by atoms with Gasteiger partial charge >= 0.3 is 0 Å². The van der Waals surface area contributed by atoms with E-state index < -0.39 is 0 Å². The van der Waals surface area contributed by atoms with Gasteiger partial charge in [0.05, 0.1) is 12.3 Å².